The number of amides is 14. The molecular formula is C103H127F4N17O22. The highest BCUT2D eigenvalue weighted by Gasteiger charge is 2.42. The second-order valence-corrected chi connectivity index (χ2v) is 37.3. The summed E-state index contributed by atoms with van der Waals surface area (Å²) >= 11 is 0. The summed E-state index contributed by atoms with van der Waals surface area (Å²) in [5.41, 5.74) is 19.3. The molecule has 0 bridgehead atoms. The second kappa shape index (κ2) is 55.4. The van der Waals surface area contributed by atoms with E-state index in [1.54, 1.807) is 145 Å². The predicted octanol–water partition coefficient (Wildman–Crippen LogP) is 4.73. The molecule has 39 nitrogen and oxygen atoms in total. The quantitative estimate of drug-likeness (QED) is 0.0139. The molecule has 0 radical (unpaired) electrons. The third-order valence-corrected chi connectivity index (χ3v) is 23.4. The molecule has 8 rings (SSSR count). The zero-order valence-corrected chi connectivity index (χ0v) is 82.4. The minimum absolute atomic E-state index is 0.0385. The number of aliphatic hydroxyl groups is 2. The lowest BCUT2D eigenvalue weighted by Crippen LogP contribution is -2.58. The van der Waals surface area contributed by atoms with Gasteiger partial charge in [0.1, 0.15) is 98.0 Å². The van der Waals surface area contributed by atoms with Crippen LogP contribution >= 0.6 is 0 Å². The Balaban J connectivity index is 0.892. The molecule has 146 heavy (non-hydrogen) atoms. The number of carbonyl (C=O) groups excluding carboxylic acids is 16. The molecule has 2 heterocycles. The molecule has 43 heteroatoms. The SMILES string of the molecule is C[C@H](NC(=O)CC[C@H](N)C(=O)N[C@@H](C)C(=O)N[C@@H](CC(=O)O)C(=O)N[C@@H](CC(N)=O)C(=O)NCCCN(C(=O)CO)[C@@H](c1cc(-c2cc(F)ccc2F)cn1Cc1ccccc1)C(C)(C)C)C(=O)N[C@@H](C)C(=O)N[C@@H](CC(N)=O)C(=O)N[C@@H](CCN(C(=O)CO)[C@@H](c1cc(-c2cc(F)ccc2F)cn1Cc1ccccc1)C(C)(C)C)C(=O)NCCC(=O)N[C@H](CCC(=O)OCc1ccccc1)C(=O)OCc1ccccc1. The average Bonchev–Trinajstić information content (AvgIpc) is 1.61. The number of halogens is 4. The summed E-state index contributed by atoms with van der Waals surface area (Å²) in [6.45, 7) is 10.6. The number of hydrogen-bond donors (Lipinski definition) is 16. The van der Waals surface area contributed by atoms with Crippen LogP contribution < -0.4 is 70.4 Å². The largest absolute Gasteiger partial charge is 0.481 e. The number of aliphatic hydroxyl groups excluding tert-OH is 2. The zero-order valence-electron chi connectivity index (χ0n) is 82.4. The highest BCUT2D eigenvalue weighted by atomic mass is 19.1. The molecule has 0 saturated carbocycles. The molecule has 14 amide bonds. The number of nitrogens with one attached hydrogen (secondary N) is 10. The highest BCUT2D eigenvalue weighted by Crippen LogP contribution is 2.44. The molecule has 6 aromatic carbocycles. The van der Waals surface area contributed by atoms with Gasteiger partial charge in [0, 0.05) is 105 Å². The van der Waals surface area contributed by atoms with Crippen LogP contribution in [0, 0.1) is 34.1 Å². The van der Waals surface area contributed by atoms with Gasteiger partial charge in [0.05, 0.1) is 37.4 Å². The fourth-order valence-corrected chi connectivity index (χ4v) is 16.1. The van der Waals surface area contributed by atoms with E-state index in [4.69, 9.17) is 26.7 Å². The first-order valence-electron chi connectivity index (χ1n) is 47.2. The number of carboxylic acids is 1. The second-order valence-electron chi connectivity index (χ2n) is 37.3. The summed E-state index contributed by atoms with van der Waals surface area (Å²) in [7, 11) is 0. The molecule has 2 aromatic heterocycles. The Hall–Kier alpha value is -15.5. The average molecular weight is 2030 g/mol. The topological polar surface area (TPSA) is 584 Å². The monoisotopic (exact) mass is 2030 g/mol. The first kappa shape index (κ1) is 116. The van der Waals surface area contributed by atoms with Crippen LogP contribution in [-0.4, -0.2) is 229 Å². The molecule has 8 aromatic rings. The Morgan fingerprint density at radius 3 is 1.25 bits per heavy atom. The van der Waals surface area contributed by atoms with Gasteiger partial charge in [-0.3, -0.25) is 76.7 Å². The minimum Gasteiger partial charge on any atom is -0.481 e. The van der Waals surface area contributed by atoms with Crippen LogP contribution in [0.25, 0.3) is 22.3 Å². The van der Waals surface area contributed by atoms with Crippen molar-refractivity contribution in [3.8, 4) is 22.3 Å². The van der Waals surface area contributed by atoms with E-state index in [1.165, 1.54) is 16.7 Å². The summed E-state index contributed by atoms with van der Waals surface area (Å²) < 4.78 is 75.1. The number of aromatic nitrogens is 2. The number of esters is 2. The lowest BCUT2D eigenvalue weighted by Gasteiger charge is -2.41. The number of rotatable bonds is 55. The van der Waals surface area contributed by atoms with E-state index in [0.717, 1.165) is 61.4 Å². The Labute approximate surface area is 840 Å². The summed E-state index contributed by atoms with van der Waals surface area (Å²) in [5.74, 6) is -21.0. The molecule has 11 atom stereocenters. The fraction of sp³-hybridized carbons (Fsp3) is 0.408. The van der Waals surface area contributed by atoms with E-state index in [2.05, 4.69) is 53.2 Å². The highest BCUT2D eigenvalue weighted by molar-refractivity contribution is 5.99. The summed E-state index contributed by atoms with van der Waals surface area (Å²) in [6.07, 6.45) is -2.62. The molecule has 784 valence electrons. The van der Waals surface area contributed by atoms with Crippen molar-refractivity contribution in [2.75, 3.05) is 39.4 Å². The van der Waals surface area contributed by atoms with E-state index in [9.17, 15) is 106 Å². The van der Waals surface area contributed by atoms with Crippen LogP contribution in [0.15, 0.2) is 182 Å². The number of ether oxygens (including phenoxy) is 2. The number of benzene rings is 6. The molecular weight excluding hydrogens is 1900 g/mol. The van der Waals surface area contributed by atoms with Gasteiger partial charge in [0.15, 0.2) is 0 Å². The molecule has 0 fully saturated rings. The van der Waals surface area contributed by atoms with E-state index in [-0.39, 0.29) is 80.9 Å². The molecule has 19 N–H and O–H groups in total. The molecule has 0 aliphatic carbocycles. The van der Waals surface area contributed by atoms with Crippen LogP contribution in [-0.2, 0) is 117 Å². The number of carbonyl (C=O) groups is 17. The number of primary amides is 2. The van der Waals surface area contributed by atoms with Crippen LogP contribution in [0.5, 0.6) is 0 Å². The van der Waals surface area contributed by atoms with E-state index < -0.39 is 272 Å². The van der Waals surface area contributed by atoms with Gasteiger partial charge in [0.2, 0.25) is 82.7 Å². The molecule has 0 aliphatic rings. The fourth-order valence-electron chi connectivity index (χ4n) is 16.1. The number of nitrogens with two attached hydrogens (primary N) is 3. The zero-order chi connectivity index (χ0) is 107. The summed E-state index contributed by atoms with van der Waals surface area (Å²) in [6, 6.07) is 27.2. The molecule has 0 unspecified atom stereocenters. The van der Waals surface area contributed by atoms with Gasteiger partial charge in [-0.25, -0.2) is 22.4 Å². The normalized spacial score (nSPS) is 13.6. The van der Waals surface area contributed by atoms with Gasteiger partial charge < -0.3 is 114 Å². The first-order valence-corrected chi connectivity index (χ1v) is 47.2. The van der Waals surface area contributed by atoms with Crippen LogP contribution in [0.2, 0.25) is 0 Å². The Morgan fingerprint density at radius 1 is 0.404 bits per heavy atom. The minimum atomic E-state index is -1.99. The predicted molar refractivity (Wildman–Crippen MR) is 524 cm³/mol. The molecule has 0 saturated heterocycles. The Morgan fingerprint density at radius 2 is 0.795 bits per heavy atom. The van der Waals surface area contributed by atoms with Crippen molar-refractivity contribution in [3.63, 3.8) is 0 Å². The maximum atomic E-state index is 15.7. The standard InChI is InChI=1S/C103H127F4N17O22/c1-60(113-85(129)37-35-75(108)96(139)115-62(3)95(138)119-80(51-89(133)134)100(143)120-78(49-83(109)127)98(141)111-41-22-43-123(87(131)56-125)91(102(4,5)6)81-45-67(71-47-69(104)31-33-73(71)106)54-121(81)52-63-23-14-10-15-24-63)93(136)114-61(2)94(137)118-79(50-84(110)128)99(142)117-76(97(140)112-42-39-86(130)116-77(101(144)146-59-66-29-20-13-21-30-66)36-38-90(135)145-58-65-27-18-12-19-28-65)40-44-124(88(132)57-126)92(103(7,8)9)82-46-68(72-48-70(105)32-34-74(72)107)55-122(82)53-64-25-16-11-17-26-64/h10-21,23-34,45-48,54-55,60-62,75-80,91-92,125-126H,22,35-44,49-53,56-59,108H2,1-9H3,(H2,109,127)(H2,110,128)(H,111,141)(H,112,140)(H,113,129)(H,114,136)(H,115,139)(H,116,130)(H,117,142)(H,118,137)(H,119,138)(H,120,143)(H,133,134)/t60-,61-,62-,75-,76-,77+,78-,79-,80-,91-,92-/m0/s1. The van der Waals surface area contributed by atoms with Crippen molar-refractivity contribution in [2.24, 2.45) is 28.0 Å². The van der Waals surface area contributed by atoms with Crippen molar-refractivity contribution in [3.05, 3.63) is 239 Å². The van der Waals surface area contributed by atoms with E-state index in [0.29, 0.717) is 22.5 Å². The van der Waals surface area contributed by atoms with Gasteiger partial charge in [-0.2, -0.15) is 0 Å². The Bertz CT molecular complexity index is 5910. The molecule has 0 spiro atoms. The third-order valence-electron chi connectivity index (χ3n) is 23.4. The third kappa shape index (κ3) is 36.1. The lowest BCUT2D eigenvalue weighted by atomic mass is 9.82. The lowest BCUT2D eigenvalue weighted by molar-refractivity contribution is -0.151. The van der Waals surface area contributed by atoms with E-state index >= 15 is 8.78 Å². The number of carboxylic acid groups (broad SMARTS) is 1. The van der Waals surface area contributed by atoms with Crippen molar-refractivity contribution in [1.82, 2.24) is 72.1 Å². The van der Waals surface area contributed by atoms with Crippen LogP contribution in [0.3, 0.4) is 0 Å². The number of hydrogen-bond acceptors (Lipinski definition) is 22. The number of aliphatic carboxylic acids is 1. The van der Waals surface area contributed by atoms with Gasteiger partial charge in [-0.15, -0.1) is 0 Å². The van der Waals surface area contributed by atoms with E-state index in [1.807, 2.05) is 51.1 Å². The van der Waals surface area contributed by atoms with Gasteiger partial charge in [0.25, 0.3) is 0 Å². The smallest absolute Gasteiger partial charge is 0.328 e. The first-order chi connectivity index (χ1) is 69.1. The van der Waals surface area contributed by atoms with Gasteiger partial charge in [-0.1, -0.05) is 163 Å². The van der Waals surface area contributed by atoms with Crippen LogP contribution in [0.4, 0.5) is 17.6 Å². The summed E-state index contributed by atoms with van der Waals surface area (Å²) in [4.78, 5) is 234. The van der Waals surface area contributed by atoms with Gasteiger partial charge in [-0.05, 0) is 128 Å². The Kier molecular flexibility index (Phi) is 43.9. The van der Waals surface area contributed by atoms with Gasteiger partial charge >= 0.3 is 17.9 Å². The maximum Gasteiger partial charge on any atom is 0.328 e. The van der Waals surface area contributed by atoms with Crippen molar-refractivity contribution in [2.45, 2.75) is 219 Å². The maximum absolute atomic E-state index is 15.7. The summed E-state index contributed by atoms with van der Waals surface area (Å²) in [5, 5.41) is 54.8. The van der Waals surface area contributed by atoms with Crippen molar-refractivity contribution in [1.29, 1.82) is 0 Å². The molecule has 0 aliphatic heterocycles. The van der Waals surface area contributed by atoms with Crippen molar-refractivity contribution < 1.29 is 124 Å². The number of nitrogens with zero attached hydrogens (tertiary/aromatic N) is 4. The van der Waals surface area contributed by atoms with Crippen LogP contribution in [0.1, 0.15) is 172 Å². The van der Waals surface area contributed by atoms with Crippen molar-refractivity contribution >= 4 is 101 Å².